The fourth-order valence-corrected chi connectivity index (χ4v) is 3.93. The molecule has 2 unspecified atom stereocenters. The van der Waals surface area contributed by atoms with Gasteiger partial charge in [-0.2, -0.15) is 13.2 Å². The van der Waals surface area contributed by atoms with Crippen LogP contribution in [0.1, 0.15) is 39.0 Å². The number of hydrogen-bond acceptors (Lipinski definition) is 2. The first-order valence-corrected chi connectivity index (χ1v) is 9.35. The van der Waals surface area contributed by atoms with Gasteiger partial charge in [0.05, 0.1) is 17.0 Å². The second kappa shape index (κ2) is 7.78. The van der Waals surface area contributed by atoms with Gasteiger partial charge in [0.2, 0.25) is 5.91 Å². The molecule has 1 amide bonds. The van der Waals surface area contributed by atoms with E-state index < -0.39 is 18.1 Å². The van der Waals surface area contributed by atoms with Crippen LogP contribution in [-0.2, 0) is 17.9 Å². The largest absolute Gasteiger partial charge is 0.391 e. The van der Waals surface area contributed by atoms with Crippen LogP contribution in [0.3, 0.4) is 0 Å². The van der Waals surface area contributed by atoms with E-state index in [1.165, 1.54) is 0 Å². The van der Waals surface area contributed by atoms with Crippen LogP contribution >= 0.6 is 0 Å². The van der Waals surface area contributed by atoms with Crippen molar-refractivity contribution in [3.05, 3.63) is 34.7 Å². The Morgan fingerprint density at radius 3 is 2.48 bits per heavy atom. The maximum atomic E-state index is 12.9. The van der Waals surface area contributed by atoms with Gasteiger partial charge >= 0.3 is 11.9 Å². The van der Waals surface area contributed by atoms with E-state index in [2.05, 4.69) is 5.32 Å². The molecule has 5 nitrogen and oxygen atoms in total. The smallest absolute Gasteiger partial charge is 0.353 e. The Morgan fingerprint density at radius 1 is 1.19 bits per heavy atom. The van der Waals surface area contributed by atoms with Crippen molar-refractivity contribution in [2.75, 3.05) is 0 Å². The zero-order valence-corrected chi connectivity index (χ0v) is 15.3. The highest BCUT2D eigenvalue weighted by Gasteiger charge is 2.42. The number of fused-ring (bicyclic) bond motifs is 1. The zero-order valence-electron chi connectivity index (χ0n) is 15.3. The molecule has 1 fully saturated rings. The van der Waals surface area contributed by atoms with E-state index in [0.29, 0.717) is 19.4 Å². The number of aromatic nitrogens is 2. The van der Waals surface area contributed by atoms with Gasteiger partial charge in [-0.1, -0.05) is 18.6 Å². The first kappa shape index (κ1) is 19.5. The molecular weight excluding hydrogens is 359 g/mol. The van der Waals surface area contributed by atoms with Crippen LogP contribution in [0.15, 0.2) is 29.1 Å². The van der Waals surface area contributed by atoms with Gasteiger partial charge in [-0.15, -0.1) is 0 Å². The van der Waals surface area contributed by atoms with E-state index in [0.717, 1.165) is 11.0 Å². The molecule has 148 valence electrons. The Kier molecular flexibility index (Phi) is 5.62. The lowest BCUT2D eigenvalue weighted by molar-refractivity contribution is -0.184. The van der Waals surface area contributed by atoms with Gasteiger partial charge < -0.3 is 5.32 Å². The second-order valence-electron chi connectivity index (χ2n) is 7.09. The number of halogens is 3. The normalized spacial score (nSPS) is 20.7. The average molecular weight is 383 g/mol. The van der Waals surface area contributed by atoms with E-state index in [1.54, 1.807) is 9.13 Å². The van der Waals surface area contributed by atoms with Crippen molar-refractivity contribution < 1.29 is 18.0 Å². The summed E-state index contributed by atoms with van der Waals surface area (Å²) in [4.78, 5) is 24.8. The first-order valence-electron chi connectivity index (χ1n) is 9.35. The lowest BCUT2D eigenvalue weighted by atomic mass is 9.85. The van der Waals surface area contributed by atoms with E-state index >= 15 is 0 Å². The fourth-order valence-electron chi connectivity index (χ4n) is 3.93. The highest BCUT2D eigenvalue weighted by molar-refractivity contribution is 5.78. The van der Waals surface area contributed by atoms with Crippen molar-refractivity contribution in [2.45, 2.75) is 64.3 Å². The number of carbonyl (C=O) groups excluding carboxylic acids is 1. The molecule has 2 aromatic rings. The predicted octanol–water partition coefficient (Wildman–Crippen LogP) is 3.45. The molecule has 1 aliphatic carbocycles. The van der Waals surface area contributed by atoms with Crippen LogP contribution in [0, 0.1) is 5.92 Å². The molecule has 1 heterocycles. The number of benzene rings is 1. The molecular formula is C19H24F3N3O2. The van der Waals surface area contributed by atoms with Crippen molar-refractivity contribution in [2.24, 2.45) is 5.92 Å². The van der Waals surface area contributed by atoms with Gasteiger partial charge in [-0.3, -0.25) is 13.9 Å². The van der Waals surface area contributed by atoms with Crippen molar-refractivity contribution in [1.82, 2.24) is 14.5 Å². The number of nitrogens with one attached hydrogen (secondary N) is 1. The lowest BCUT2D eigenvalue weighted by Crippen LogP contribution is -2.42. The number of aryl methyl sites for hydroxylation is 2. The monoisotopic (exact) mass is 383 g/mol. The molecule has 2 atom stereocenters. The molecule has 1 N–H and O–H groups in total. The fraction of sp³-hybridized carbons (Fsp3) is 0.579. The van der Waals surface area contributed by atoms with Crippen molar-refractivity contribution >= 4 is 16.9 Å². The third kappa shape index (κ3) is 4.20. The summed E-state index contributed by atoms with van der Waals surface area (Å²) in [6.07, 6.45) is -3.07. The summed E-state index contributed by atoms with van der Waals surface area (Å²) >= 11 is 0. The molecule has 27 heavy (non-hydrogen) atoms. The maximum absolute atomic E-state index is 12.9. The van der Waals surface area contributed by atoms with Gasteiger partial charge in [0.1, 0.15) is 0 Å². The number of imidazole rings is 1. The standard InChI is InChI=1S/C19H24F3N3O2/c1-2-24-15-8-3-4-9-16(15)25(18(24)27)11-10-17(26)23-14-7-5-6-13(12-14)19(20,21)22/h3-4,8-9,13-14H,2,5-7,10-12H2,1H3,(H,23,26). The summed E-state index contributed by atoms with van der Waals surface area (Å²) in [5, 5.41) is 2.72. The molecule has 1 saturated carbocycles. The summed E-state index contributed by atoms with van der Waals surface area (Å²) < 4.78 is 41.9. The summed E-state index contributed by atoms with van der Waals surface area (Å²) in [6, 6.07) is 6.92. The number of amides is 1. The second-order valence-corrected chi connectivity index (χ2v) is 7.09. The van der Waals surface area contributed by atoms with E-state index in [4.69, 9.17) is 0 Å². The Labute approximate surface area is 155 Å². The summed E-state index contributed by atoms with van der Waals surface area (Å²) in [5.74, 6) is -1.66. The molecule has 0 spiro atoms. The quantitative estimate of drug-likeness (QED) is 0.860. The molecule has 1 aliphatic rings. The highest BCUT2D eigenvalue weighted by atomic mass is 19.4. The SMILES string of the molecule is CCn1c(=O)n(CCC(=O)NC2CCCC(C(F)(F)F)C2)c2ccccc21. The number of carbonyl (C=O) groups is 1. The van der Waals surface area contributed by atoms with Crippen molar-refractivity contribution in [1.29, 1.82) is 0 Å². The van der Waals surface area contributed by atoms with Gasteiger partial charge in [0, 0.05) is 25.6 Å². The van der Waals surface area contributed by atoms with Crippen LogP contribution in [0.25, 0.3) is 11.0 Å². The summed E-state index contributed by atoms with van der Waals surface area (Å²) in [7, 11) is 0. The summed E-state index contributed by atoms with van der Waals surface area (Å²) in [6.45, 7) is 2.61. The molecule has 0 saturated heterocycles. The topological polar surface area (TPSA) is 56.0 Å². The number of hydrogen-bond donors (Lipinski definition) is 1. The Hall–Kier alpha value is -2.25. The predicted molar refractivity (Wildman–Crippen MR) is 96.4 cm³/mol. The third-order valence-corrected chi connectivity index (χ3v) is 5.31. The minimum Gasteiger partial charge on any atom is -0.353 e. The number of nitrogens with zero attached hydrogens (tertiary/aromatic N) is 2. The molecule has 1 aromatic carbocycles. The minimum absolute atomic E-state index is 0.0603. The van der Waals surface area contributed by atoms with E-state index in [-0.39, 0.29) is 37.4 Å². The molecule has 8 heteroatoms. The van der Waals surface area contributed by atoms with Gasteiger partial charge in [-0.05, 0) is 38.3 Å². The number of alkyl halides is 3. The van der Waals surface area contributed by atoms with Gasteiger partial charge in [-0.25, -0.2) is 4.79 Å². The Morgan fingerprint density at radius 2 is 1.85 bits per heavy atom. The average Bonchev–Trinajstić information content (AvgIpc) is 2.90. The number of rotatable bonds is 5. The van der Waals surface area contributed by atoms with Crippen LogP contribution in [0.2, 0.25) is 0 Å². The van der Waals surface area contributed by atoms with Crippen LogP contribution in [0.5, 0.6) is 0 Å². The molecule has 0 bridgehead atoms. The van der Waals surface area contributed by atoms with Crippen molar-refractivity contribution in [3.63, 3.8) is 0 Å². The molecule has 0 radical (unpaired) electrons. The Bertz CT molecular complexity index is 869. The highest BCUT2D eigenvalue weighted by Crippen LogP contribution is 2.37. The maximum Gasteiger partial charge on any atom is 0.391 e. The van der Waals surface area contributed by atoms with Crippen LogP contribution < -0.4 is 11.0 Å². The van der Waals surface area contributed by atoms with Gasteiger partial charge in [0.25, 0.3) is 0 Å². The molecule has 1 aromatic heterocycles. The summed E-state index contributed by atoms with van der Waals surface area (Å²) in [5.41, 5.74) is 1.39. The lowest BCUT2D eigenvalue weighted by Gasteiger charge is -2.31. The zero-order chi connectivity index (χ0) is 19.6. The molecule has 0 aliphatic heterocycles. The minimum atomic E-state index is -4.21. The first-order chi connectivity index (χ1) is 12.8. The Balaban J connectivity index is 1.64. The van der Waals surface area contributed by atoms with E-state index in [1.807, 2.05) is 31.2 Å². The molecule has 3 rings (SSSR count). The van der Waals surface area contributed by atoms with Crippen LogP contribution in [0.4, 0.5) is 13.2 Å². The third-order valence-electron chi connectivity index (χ3n) is 5.31. The van der Waals surface area contributed by atoms with Crippen molar-refractivity contribution in [3.8, 4) is 0 Å². The number of para-hydroxylation sites is 2. The van der Waals surface area contributed by atoms with Gasteiger partial charge in [0.15, 0.2) is 0 Å². The van der Waals surface area contributed by atoms with E-state index in [9.17, 15) is 22.8 Å². The van der Waals surface area contributed by atoms with Crippen LogP contribution in [-0.4, -0.2) is 27.3 Å².